The molecule has 1 aromatic rings. The minimum Gasteiger partial charge on any atom is -0.481 e. The van der Waals surface area contributed by atoms with E-state index in [2.05, 4.69) is 26.8 Å². The van der Waals surface area contributed by atoms with E-state index in [4.69, 9.17) is 9.47 Å². The molecule has 2 aliphatic heterocycles. The SMILES string of the molecule is COc1nc(C)nc(N2CC[C@@H]3OCCN(C)[C@H]3C2)c1C. The number of anilines is 1. The van der Waals surface area contributed by atoms with Crippen molar-refractivity contribution in [3.05, 3.63) is 11.4 Å². The fourth-order valence-electron chi connectivity index (χ4n) is 3.33. The molecule has 21 heavy (non-hydrogen) atoms. The van der Waals surface area contributed by atoms with Crippen molar-refractivity contribution in [2.45, 2.75) is 32.4 Å². The average Bonchev–Trinajstić information content (AvgIpc) is 2.49. The van der Waals surface area contributed by atoms with Crippen LogP contribution in [-0.4, -0.2) is 67.4 Å². The van der Waals surface area contributed by atoms with Gasteiger partial charge in [-0.3, -0.25) is 4.90 Å². The Hall–Kier alpha value is -1.40. The number of methoxy groups -OCH3 is 1. The van der Waals surface area contributed by atoms with Crippen LogP contribution in [0.15, 0.2) is 0 Å². The van der Waals surface area contributed by atoms with Gasteiger partial charge in [0.1, 0.15) is 11.6 Å². The van der Waals surface area contributed by atoms with E-state index < -0.39 is 0 Å². The van der Waals surface area contributed by atoms with Gasteiger partial charge in [-0.05, 0) is 27.3 Å². The third-order valence-electron chi connectivity index (χ3n) is 4.54. The monoisotopic (exact) mass is 292 g/mol. The van der Waals surface area contributed by atoms with Crippen molar-refractivity contribution in [3.8, 4) is 5.88 Å². The summed E-state index contributed by atoms with van der Waals surface area (Å²) in [6.45, 7) is 7.70. The van der Waals surface area contributed by atoms with Crippen LogP contribution < -0.4 is 9.64 Å². The van der Waals surface area contributed by atoms with Crippen molar-refractivity contribution in [3.63, 3.8) is 0 Å². The minimum absolute atomic E-state index is 0.352. The molecule has 3 rings (SSSR count). The first kappa shape index (κ1) is 14.5. The second-order valence-corrected chi connectivity index (χ2v) is 5.92. The normalized spacial score (nSPS) is 26.6. The zero-order valence-electron chi connectivity index (χ0n) is 13.3. The predicted molar refractivity (Wildman–Crippen MR) is 81.0 cm³/mol. The molecule has 0 bridgehead atoms. The van der Waals surface area contributed by atoms with E-state index in [-0.39, 0.29) is 0 Å². The molecule has 0 radical (unpaired) electrons. The molecule has 2 aliphatic rings. The van der Waals surface area contributed by atoms with Crippen LogP contribution in [0.3, 0.4) is 0 Å². The highest BCUT2D eigenvalue weighted by molar-refractivity contribution is 5.51. The van der Waals surface area contributed by atoms with Crippen molar-refractivity contribution < 1.29 is 9.47 Å². The Morgan fingerprint density at radius 1 is 1.24 bits per heavy atom. The summed E-state index contributed by atoms with van der Waals surface area (Å²) in [5, 5.41) is 0. The van der Waals surface area contributed by atoms with Crippen molar-refractivity contribution in [1.82, 2.24) is 14.9 Å². The van der Waals surface area contributed by atoms with Crippen LogP contribution in [0.4, 0.5) is 5.82 Å². The van der Waals surface area contributed by atoms with Crippen LogP contribution in [0.1, 0.15) is 17.8 Å². The number of likely N-dealkylation sites (N-methyl/N-ethyl adjacent to an activating group) is 1. The lowest BCUT2D eigenvalue weighted by Gasteiger charge is -2.46. The molecule has 116 valence electrons. The number of hydrogen-bond donors (Lipinski definition) is 0. The molecule has 2 atom stereocenters. The van der Waals surface area contributed by atoms with Crippen LogP contribution in [0.2, 0.25) is 0 Å². The van der Waals surface area contributed by atoms with Crippen LogP contribution >= 0.6 is 0 Å². The fraction of sp³-hybridized carbons (Fsp3) is 0.733. The molecule has 6 heteroatoms. The second-order valence-electron chi connectivity index (χ2n) is 5.92. The van der Waals surface area contributed by atoms with Crippen molar-refractivity contribution in [2.75, 3.05) is 45.3 Å². The molecule has 0 aromatic carbocycles. The Morgan fingerprint density at radius 2 is 2.05 bits per heavy atom. The van der Waals surface area contributed by atoms with E-state index in [1.807, 2.05) is 13.8 Å². The van der Waals surface area contributed by atoms with Gasteiger partial charge in [-0.25, -0.2) is 4.98 Å². The smallest absolute Gasteiger partial charge is 0.221 e. The van der Waals surface area contributed by atoms with E-state index in [1.54, 1.807) is 7.11 Å². The summed E-state index contributed by atoms with van der Waals surface area (Å²) >= 11 is 0. The van der Waals surface area contributed by atoms with Gasteiger partial charge < -0.3 is 14.4 Å². The lowest BCUT2D eigenvalue weighted by molar-refractivity contribution is -0.0688. The first-order valence-electron chi connectivity index (χ1n) is 7.56. The van der Waals surface area contributed by atoms with Crippen LogP contribution in [0.5, 0.6) is 5.88 Å². The summed E-state index contributed by atoms with van der Waals surface area (Å²) < 4.78 is 11.3. The lowest BCUT2D eigenvalue weighted by atomic mass is 9.99. The summed E-state index contributed by atoms with van der Waals surface area (Å²) in [6, 6.07) is 0.438. The van der Waals surface area contributed by atoms with Crippen LogP contribution in [0, 0.1) is 13.8 Å². The number of aromatic nitrogens is 2. The molecular weight excluding hydrogens is 268 g/mol. The Balaban J connectivity index is 1.86. The number of fused-ring (bicyclic) bond motifs is 1. The number of nitrogens with zero attached hydrogens (tertiary/aromatic N) is 4. The van der Waals surface area contributed by atoms with Gasteiger partial charge >= 0.3 is 0 Å². The molecule has 0 N–H and O–H groups in total. The number of ether oxygens (including phenoxy) is 2. The summed E-state index contributed by atoms with van der Waals surface area (Å²) in [6.07, 6.45) is 1.39. The highest BCUT2D eigenvalue weighted by atomic mass is 16.5. The molecule has 6 nitrogen and oxygen atoms in total. The number of piperidine rings is 1. The highest BCUT2D eigenvalue weighted by Gasteiger charge is 2.36. The molecule has 1 aromatic heterocycles. The molecule has 0 unspecified atom stereocenters. The number of morpholine rings is 1. The molecule has 2 fully saturated rings. The third-order valence-corrected chi connectivity index (χ3v) is 4.54. The maximum atomic E-state index is 5.91. The van der Waals surface area contributed by atoms with Crippen molar-refractivity contribution >= 4 is 5.82 Å². The van der Waals surface area contributed by atoms with Gasteiger partial charge in [0.05, 0.1) is 31.4 Å². The first-order chi connectivity index (χ1) is 10.1. The Labute approximate surface area is 126 Å². The quantitative estimate of drug-likeness (QED) is 0.811. The second kappa shape index (κ2) is 5.77. The summed E-state index contributed by atoms with van der Waals surface area (Å²) in [7, 11) is 3.84. The van der Waals surface area contributed by atoms with Gasteiger partial charge in [0.15, 0.2) is 0 Å². The molecule has 0 saturated carbocycles. The zero-order chi connectivity index (χ0) is 15.0. The highest BCUT2D eigenvalue weighted by Crippen LogP contribution is 2.30. The van der Waals surface area contributed by atoms with Crippen molar-refractivity contribution in [2.24, 2.45) is 0 Å². The Morgan fingerprint density at radius 3 is 2.81 bits per heavy atom. The number of hydrogen-bond acceptors (Lipinski definition) is 6. The van der Waals surface area contributed by atoms with Crippen LogP contribution in [0.25, 0.3) is 0 Å². The molecule has 0 spiro atoms. The zero-order valence-corrected chi connectivity index (χ0v) is 13.3. The van der Waals surface area contributed by atoms with Gasteiger partial charge in [0, 0.05) is 19.6 Å². The van der Waals surface area contributed by atoms with Gasteiger partial charge in [-0.15, -0.1) is 0 Å². The molecule has 2 saturated heterocycles. The standard InChI is InChI=1S/C15H24N4O2/c1-10-14(16-11(2)17-15(10)20-4)19-6-5-13-12(9-19)18(3)7-8-21-13/h12-13H,5-9H2,1-4H3/t12-,13-/m0/s1. The maximum absolute atomic E-state index is 5.91. The van der Waals surface area contributed by atoms with E-state index in [0.717, 1.165) is 49.9 Å². The molecule has 0 aliphatic carbocycles. The predicted octanol–water partition coefficient (Wildman–Crippen LogP) is 1.01. The third kappa shape index (κ3) is 2.70. The summed E-state index contributed by atoms with van der Waals surface area (Å²) in [5.41, 5.74) is 1.01. The van der Waals surface area contributed by atoms with Gasteiger partial charge in [-0.1, -0.05) is 0 Å². The van der Waals surface area contributed by atoms with E-state index >= 15 is 0 Å². The summed E-state index contributed by atoms with van der Waals surface area (Å²) in [4.78, 5) is 13.7. The topological polar surface area (TPSA) is 50.7 Å². The van der Waals surface area contributed by atoms with E-state index in [0.29, 0.717) is 18.0 Å². The Bertz CT molecular complexity index is 523. The summed E-state index contributed by atoms with van der Waals surface area (Å²) in [5.74, 6) is 2.42. The van der Waals surface area contributed by atoms with Crippen LogP contribution in [-0.2, 0) is 4.74 Å². The van der Waals surface area contributed by atoms with E-state index in [9.17, 15) is 0 Å². The minimum atomic E-state index is 0.352. The Kier molecular flexibility index (Phi) is 3.99. The molecule has 3 heterocycles. The molecular formula is C15H24N4O2. The fourth-order valence-corrected chi connectivity index (χ4v) is 3.33. The maximum Gasteiger partial charge on any atom is 0.221 e. The average molecular weight is 292 g/mol. The van der Waals surface area contributed by atoms with Gasteiger partial charge in [0.2, 0.25) is 5.88 Å². The van der Waals surface area contributed by atoms with Crippen molar-refractivity contribution in [1.29, 1.82) is 0 Å². The lowest BCUT2D eigenvalue weighted by Crippen LogP contribution is -2.59. The van der Waals surface area contributed by atoms with Gasteiger partial charge in [-0.2, -0.15) is 4.98 Å². The number of rotatable bonds is 2. The number of aryl methyl sites for hydroxylation is 1. The largest absolute Gasteiger partial charge is 0.481 e. The first-order valence-corrected chi connectivity index (χ1v) is 7.56. The molecule has 0 amide bonds. The van der Waals surface area contributed by atoms with Gasteiger partial charge in [0.25, 0.3) is 0 Å². The van der Waals surface area contributed by atoms with E-state index in [1.165, 1.54) is 0 Å².